The number of carbonyl (C=O) groups excluding carboxylic acids is 4. The van der Waals surface area contributed by atoms with Gasteiger partial charge in [-0.05, 0) is 95.4 Å². The van der Waals surface area contributed by atoms with Crippen LogP contribution in [0.15, 0.2) is 64.6 Å². The first kappa shape index (κ1) is 30.3. The third-order valence-corrected chi connectivity index (χ3v) is 7.00. The van der Waals surface area contributed by atoms with E-state index in [0.29, 0.717) is 39.6 Å². The van der Waals surface area contributed by atoms with Crippen LogP contribution in [0.2, 0.25) is 0 Å². The van der Waals surface area contributed by atoms with Gasteiger partial charge in [-0.3, -0.25) is 19.7 Å². The number of rotatable bonds is 10. The van der Waals surface area contributed by atoms with Crippen molar-refractivity contribution in [2.24, 2.45) is 0 Å². The molecule has 4 rings (SSSR count). The Morgan fingerprint density at radius 1 is 0.952 bits per heavy atom. The van der Waals surface area contributed by atoms with E-state index >= 15 is 0 Å². The lowest BCUT2D eigenvalue weighted by Gasteiger charge is -2.27. The lowest BCUT2D eigenvalue weighted by atomic mass is 10.1. The highest BCUT2D eigenvalue weighted by molar-refractivity contribution is 9.10. The van der Waals surface area contributed by atoms with E-state index in [4.69, 9.17) is 14.2 Å². The summed E-state index contributed by atoms with van der Waals surface area (Å²) in [7, 11) is 1.45. The number of carbonyl (C=O) groups is 4. The predicted octanol–water partition coefficient (Wildman–Crippen LogP) is 5.55. The number of halogens is 1. The van der Waals surface area contributed by atoms with E-state index in [-0.39, 0.29) is 23.8 Å². The Morgan fingerprint density at radius 2 is 1.71 bits per heavy atom. The Balaban J connectivity index is 1.48. The van der Waals surface area contributed by atoms with Crippen LogP contribution < -0.4 is 29.7 Å². The SMILES string of the molecule is CCCOc1ccc(N2C(=O)NC(=O)/C(=C/c3ccc(OCC(=O)Nc4ccc(C)c(C)c4)c(Br)c3)C2=O)cc1OC. The average molecular weight is 636 g/mol. The van der Waals surface area contributed by atoms with E-state index in [1.165, 1.54) is 25.3 Å². The topological polar surface area (TPSA) is 123 Å². The third-order valence-electron chi connectivity index (χ3n) is 6.39. The molecule has 0 atom stereocenters. The number of nitrogens with zero attached hydrogens (tertiary/aromatic N) is 1. The van der Waals surface area contributed by atoms with Gasteiger partial charge in [-0.15, -0.1) is 0 Å². The summed E-state index contributed by atoms with van der Waals surface area (Å²) >= 11 is 3.41. The summed E-state index contributed by atoms with van der Waals surface area (Å²) in [4.78, 5) is 51.9. The number of hydrogen-bond acceptors (Lipinski definition) is 7. The maximum atomic E-state index is 13.3. The average Bonchev–Trinajstić information content (AvgIpc) is 2.95. The molecule has 2 N–H and O–H groups in total. The highest BCUT2D eigenvalue weighted by atomic mass is 79.9. The van der Waals surface area contributed by atoms with Crippen LogP contribution in [0.4, 0.5) is 16.2 Å². The number of ether oxygens (including phenoxy) is 3. The zero-order valence-corrected chi connectivity index (χ0v) is 25.2. The first-order valence-corrected chi connectivity index (χ1v) is 13.9. The fourth-order valence-electron chi connectivity index (χ4n) is 4.07. The number of benzene rings is 3. The van der Waals surface area contributed by atoms with Crippen molar-refractivity contribution < 1.29 is 33.4 Å². The summed E-state index contributed by atoms with van der Waals surface area (Å²) < 4.78 is 17.2. The van der Waals surface area contributed by atoms with Crippen molar-refractivity contribution in [3.8, 4) is 17.2 Å². The lowest BCUT2D eigenvalue weighted by molar-refractivity contribution is -0.122. The molecule has 0 aliphatic carbocycles. The maximum Gasteiger partial charge on any atom is 0.335 e. The monoisotopic (exact) mass is 635 g/mol. The molecular weight excluding hydrogens is 606 g/mol. The highest BCUT2D eigenvalue weighted by Gasteiger charge is 2.37. The molecule has 218 valence electrons. The summed E-state index contributed by atoms with van der Waals surface area (Å²) in [6, 6.07) is 14.3. The molecule has 11 heteroatoms. The number of nitrogens with one attached hydrogen (secondary N) is 2. The second-order valence-corrected chi connectivity index (χ2v) is 10.3. The quantitative estimate of drug-likeness (QED) is 0.221. The first-order valence-electron chi connectivity index (χ1n) is 13.1. The molecule has 0 spiro atoms. The van der Waals surface area contributed by atoms with Gasteiger partial charge < -0.3 is 19.5 Å². The van der Waals surface area contributed by atoms with Gasteiger partial charge in [0, 0.05) is 11.8 Å². The van der Waals surface area contributed by atoms with E-state index in [0.717, 1.165) is 22.4 Å². The van der Waals surface area contributed by atoms with E-state index in [2.05, 4.69) is 26.6 Å². The molecule has 3 aromatic rings. The van der Waals surface area contributed by atoms with Gasteiger partial charge in [0.15, 0.2) is 18.1 Å². The van der Waals surface area contributed by atoms with Crippen molar-refractivity contribution in [2.45, 2.75) is 27.2 Å². The number of barbiturate groups is 1. The van der Waals surface area contributed by atoms with Crippen LogP contribution in [0.25, 0.3) is 6.08 Å². The molecule has 1 heterocycles. The number of imide groups is 2. The van der Waals surface area contributed by atoms with Gasteiger partial charge in [-0.2, -0.15) is 0 Å². The third kappa shape index (κ3) is 6.98. The maximum absolute atomic E-state index is 13.3. The molecule has 0 aromatic heterocycles. The van der Waals surface area contributed by atoms with Crippen molar-refractivity contribution in [2.75, 3.05) is 30.5 Å². The Hall–Kier alpha value is -4.64. The van der Waals surface area contributed by atoms with E-state index < -0.39 is 17.8 Å². The minimum absolute atomic E-state index is 0.209. The van der Waals surface area contributed by atoms with Gasteiger partial charge in [0.25, 0.3) is 17.7 Å². The van der Waals surface area contributed by atoms with Crippen molar-refractivity contribution in [1.29, 1.82) is 0 Å². The molecule has 0 saturated carbocycles. The molecule has 0 unspecified atom stereocenters. The number of methoxy groups -OCH3 is 1. The zero-order chi connectivity index (χ0) is 30.4. The molecule has 0 bridgehead atoms. The molecule has 10 nitrogen and oxygen atoms in total. The molecular formula is C31H30BrN3O7. The molecule has 5 amide bonds. The molecule has 3 aromatic carbocycles. The van der Waals surface area contributed by atoms with Crippen molar-refractivity contribution in [3.05, 3.63) is 81.3 Å². The number of hydrogen-bond donors (Lipinski definition) is 2. The van der Waals surface area contributed by atoms with Crippen LogP contribution in [-0.4, -0.2) is 44.1 Å². The molecule has 42 heavy (non-hydrogen) atoms. The van der Waals surface area contributed by atoms with E-state index in [9.17, 15) is 19.2 Å². The summed E-state index contributed by atoms with van der Waals surface area (Å²) in [6.45, 7) is 6.17. The smallest absolute Gasteiger partial charge is 0.335 e. The van der Waals surface area contributed by atoms with Crippen molar-refractivity contribution >= 4 is 57.1 Å². The molecule has 1 aliphatic heterocycles. The van der Waals surface area contributed by atoms with Gasteiger partial charge in [-0.1, -0.05) is 19.1 Å². The number of anilines is 2. The second kappa shape index (κ2) is 13.3. The Morgan fingerprint density at radius 3 is 2.40 bits per heavy atom. The molecule has 1 aliphatic rings. The summed E-state index contributed by atoms with van der Waals surface area (Å²) in [6.07, 6.45) is 2.16. The predicted molar refractivity (Wildman–Crippen MR) is 162 cm³/mol. The van der Waals surface area contributed by atoms with Crippen LogP contribution >= 0.6 is 15.9 Å². The van der Waals surface area contributed by atoms with Crippen molar-refractivity contribution in [3.63, 3.8) is 0 Å². The number of amides is 5. The second-order valence-electron chi connectivity index (χ2n) is 9.47. The highest BCUT2D eigenvalue weighted by Crippen LogP contribution is 2.34. The Kier molecular flexibility index (Phi) is 9.64. The fraction of sp³-hybridized carbons (Fsp3) is 0.226. The fourth-order valence-corrected chi connectivity index (χ4v) is 4.58. The van der Waals surface area contributed by atoms with Gasteiger partial charge in [0.05, 0.1) is 23.9 Å². The molecule has 0 radical (unpaired) electrons. The Labute approximate surface area is 251 Å². The Bertz CT molecular complexity index is 1580. The molecule has 1 saturated heterocycles. The van der Waals surface area contributed by atoms with Crippen LogP contribution in [0.1, 0.15) is 30.0 Å². The summed E-state index contributed by atoms with van der Waals surface area (Å²) in [5.41, 5.74) is 3.32. The van der Waals surface area contributed by atoms with Gasteiger partial charge in [0.2, 0.25) is 0 Å². The standard InChI is InChI=1S/C31H30BrN3O7/c1-5-12-41-26-11-9-22(16-27(26)40-4)35-30(38)23(29(37)34-31(35)39)14-20-7-10-25(24(32)15-20)42-17-28(36)33-21-8-6-18(2)19(3)13-21/h6-11,13-16H,5,12,17H2,1-4H3,(H,33,36)(H,34,37,39)/b23-14-. The zero-order valence-electron chi connectivity index (χ0n) is 23.6. The lowest BCUT2D eigenvalue weighted by Crippen LogP contribution is -2.54. The van der Waals surface area contributed by atoms with Gasteiger partial charge >= 0.3 is 6.03 Å². The van der Waals surface area contributed by atoms with Crippen LogP contribution in [0.5, 0.6) is 17.2 Å². The van der Waals surface area contributed by atoms with Gasteiger partial charge in [0.1, 0.15) is 11.3 Å². The van der Waals surface area contributed by atoms with E-state index in [1.807, 2.05) is 39.0 Å². The number of urea groups is 1. The number of aryl methyl sites for hydroxylation is 2. The minimum Gasteiger partial charge on any atom is -0.493 e. The molecule has 1 fully saturated rings. The normalized spacial score (nSPS) is 14.1. The van der Waals surface area contributed by atoms with Crippen LogP contribution in [0, 0.1) is 13.8 Å². The minimum atomic E-state index is -0.879. The van der Waals surface area contributed by atoms with Crippen molar-refractivity contribution in [1.82, 2.24) is 5.32 Å². The van der Waals surface area contributed by atoms with E-state index in [1.54, 1.807) is 24.3 Å². The summed E-state index contributed by atoms with van der Waals surface area (Å²) in [5.74, 6) is -0.753. The summed E-state index contributed by atoms with van der Waals surface area (Å²) in [5, 5.41) is 5.00. The largest absolute Gasteiger partial charge is 0.493 e. The van der Waals surface area contributed by atoms with Crippen LogP contribution in [0.3, 0.4) is 0 Å². The first-order chi connectivity index (χ1) is 20.1. The van der Waals surface area contributed by atoms with Gasteiger partial charge in [-0.25, -0.2) is 9.69 Å². The van der Waals surface area contributed by atoms with Crippen LogP contribution in [-0.2, 0) is 14.4 Å².